The molecule has 0 aliphatic rings. The van der Waals surface area contributed by atoms with Crippen molar-refractivity contribution >= 4 is 28.8 Å². The van der Waals surface area contributed by atoms with Gasteiger partial charge in [0, 0.05) is 32.1 Å². The predicted octanol–water partition coefficient (Wildman–Crippen LogP) is 1.88. The minimum atomic E-state index is 0.553. The third kappa shape index (κ3) is 3.94. The quantitative estimate of drug-likeness (QED) is 0.805. The van der Waals surface area contributed by atoms with Gasteiger partial charge >= 0.3 is 0 Å². The van der Waals surface area contributed by atoms with Crippen LogP contribution in [0.5, 0.6) is 0 Å². The minimum absolute atomic E-state index is 0.553. The van der Waals surface area contributed by atoms with Crippen molar-refractivity contribution in [3.63, 3.8) is 0 Å². The van der Waals surface area contributed by atoms with Gasteiger partial charge in [-0.05, 0) is 13.5 Å². The van der Waals surface area contributed by atoms with E-state index in [0.717, 1.165) is 37.3 Å². The average molecular weight is 275 g/mol. The Morgan fingerprint density at radius 1 is 1.59 bits per heavy atom. The number of aryl methyl sites for hydroxylation is 2. The summed E-state index contributed by atoms with van der Waals surface area (Å²) < 4.78 is 1.70. The van der Waals surface area contributed by atoms with Crippen LogP contribution in [0.3, 0.4) is 0 Å². The van der Waals surface area contributed by atoms with E-state index in [1.807, 2.05) is 14.0 Å². The molecule has 0 radical (unpaired) electrons. The van der Waals surface area contributed by atoms with Crippen LogP contribution in [-0.2, 0) is 13.6 Å². The maximum Gasteiger partial charge on any atom is 0.131 e. The summed E-state index contributed by atoms with van der Waals surface area (Å²) in [5.74, 6) is 0. The molecule has 96 valence electrons. The van der Waals surface area contributed by atoms with E-state index in [9.17, 15) is 0 Å². The first-order valence-corrected chi connectivity index (χ1v) is 6.43. The first-order chi connectivity index (χ1) is 7.95. The van der Waals surface area contributed by atoms with Gasteiger partial charge in [0.05, 0.1) is 10.7 Å². The first-order valence-electron chi connectivity index (χ1n) is 5.64. The highest BCUT2D eigenvalue weighted by Crippen LogP contribution is 2.20. The fourth-order valence-electron chi connectivity index (χ4n) is 1.69. The maximum absolute atomic E-state index is 6.20. The molecule has 1 aromatic heterocycles. The highest BCUT2D eigenvalue weighted by Gasteiger charge is 2.14. The number of nitrogens with zero attached hydrogens (tertiary/aromatic N) is 3. The lowest BCUT2D eigenvalue weighted by Crippen LogP contribution is -2.27. The fraction of sp³-hybridized carbons (Fsp3) is 0.636. The Balaban J connectivity index is 2.70. The predicted molar refractivity (Wildman–Crippen MR) is 75.3 cm³/mol. The molecule has 0 saturated heterocycles. The second-order valence-corrected chi connectivity index (χ2v) is 4.95. The van der Waals surface area contributed by atoms with Crippen LogP contribution in [0.2, 0.25) is 5.15 Å². The van der Waals surface area contributed by atoms with Gasteiger partial charge in [-0.1, -0.05) is 30.7 Å². The van der Waals surface area contributed by atoms with Crippen molar-refractivity contribution in [3.05, 3.63) is 16.4 Å². The second-order valence-electron chi connectivity index (χ2n) is 4.06. The molecule has 0 bridgehead atoms. The Labute approximate surface area is 113 Å². The molecule has 6 heteroatoms. The summed E-state index contributed by atoms with van der Waals surface area (Å²) in [6.07, 6.45) is 0.736. The standard InChI is InChI=1S/C11H19ClN4S/c1-4-16(6-5-10(13)17)7-9-8(2)14-15(3)11(9)12/h4-7H2,1-3H3,(H2,13,17). The Hall–Kier alpha value is -0.650. The van der Waals surface area contributed by atoms with E-state index in [1.165, 1.54) is 0 Å². The number of halogens is 1. The van der Waals surface area contributed by atoms with Crippen molar-refractivity contribution in [1.29, 1.82) is 0 Å². The molecule has 4 nitrogen and oxygen atoms in total. The molecule has 0 aromatic carbocycles. The van der Waals surface area contributed by atoms with Gasteiger partial charge < -0.3 is 5.73 Å². The molecule has 0 spiro atoms. The zero-order valence-corrected chi connectivity index (χ0v) is 12.1. The van der Waals surface area contributed by atoms with Gasteiger partial charge in [-0.3, -0.25) is 9.58 Å². The van der Waals surface area contributed by atoms with Gasteiger partial charge in [-0.25, -0.2) is 0 Å². The smallest absolute Gasteiger partial charge is 0.131 e. The van der Waals surface area contributed by atoms with Crippen LogP contribution < -0.4 is 5.73 Å². The van der Waals surface area contributed by atoms with E-state index in [-0.39, 0.29) is 0 Å². The van der Waals surface area contributed by atoms with E-state index in [1.54, 1.807) is 4.68 Å². The van der Waals surface area contributed by atoms with Crippen LogP contribution in [0.25, 0.3) is 0 Å². The molecule has 0 fully saturated rings. The van der Waals surface area contributed by atoms with Gasteiger partial charge in [0.1, 0.15) is 5.15 Å². The van der Waals surface area contributed by atoms with Crippen molar-refractivity contribution in [2.75, 3.05) is 13.1 Å². The third-order valence-electron chi connectivity index (χ3n) is 2.77. The van der Waals surface area contributed by atoms with Crippen LogP contribution in [0.4, 0.5) is 0 Å². The Kier molecular flexibility index (Phi) is 5.36. The SMILES string of the molecule is CCN(CCC(N)=S)Cc1c(C)nn(C)c1Cl. The van der Waals surface area contributed by atoms with Crippen molar-refractivity contribution in [3.8, 4) is 0 Å². The topological polar surface area (TPSA) is 47.1 Å². The summed E-state index contributed by atoms with van der Waals surface area (Å²) in [5, 5.41) is 5.01. The number of hydrogen-bond acceptors (Lipinski definition) is 3. The largest absolute Gasteiger partial charge is 0.393 e. The molecular weight excluding hydrogens is 256 g/mol. The molecule has 1 heterocycles. The van der Waals surface area contributed by atoms with Gasteiger partial charge in [-0.15, -0.1) is 0 Å². The second kappa shape index (κ2) is 6.33. The molecule has 0 atom stereocenters. The zero-order chi connectivity index (χ0) is 13.0. The van der Waals surface area contributed by atoms with Crippen LogP contribution >= 0.6 is 23.8 Å². The summed E-state index contributed by atoms with van der Waals surface area (Å²) in [7, 11) is 1.85. The summed E-state index contributed by atoms with van der Waals surface area (Å²) in [5.41, 5.74) is 7.58. The lowest BCUT2D eigenvalue weighted by atomic mass is 10.2. The summed E-state index contributed by atoms with van der Waals surface area (Å²) in [6.45, 7) is 6.67. The van der Waals surface area contributed by atoms with Crippen LogP contribution in [0, 0.1) is 6.92 Å². The van der Waals surface area contributed by atoms with Crippen LogP contribution in [0.15, 0.2) is 0 Å². The summed E-state index contributed by atoms with van der Waals surface area (Å²) >= 11 is 11.1. The fourth-order valence-corrected chi connectivity index (χ4v) is 2.02. The molecule has 1 rings (SSSR count). The normalized spacial score (nSPS) is 11.1. The highest BCUT2D eigenvalue weighted by molar-refractivity contribution is 7.80. The van der Waals surface area contributed by atoms with Gasteiger partial charge in [0.2, 0.25) is 0 Å². The number of nitrogens with two attached hydrogens (primary N) is 1. The molecule has 0 aliphatic carbocycles. The monoisotopic (exact) mass is 274 g/mol. The van der Waals surface area contributed by atoms with Gasteiger partial charge in [0.15, 0.2) is 0 Å². The molecule has 1 aromatic rings. The van der Waals surface area contributed by atoms with E-state index in [2.05, 4.69) is 16.9 Å². The Bertz CT molecular complexity index is 402. The minimum Gasteiger partial charge on any atom is -0.393 e. The number of hydrogen-bond donors (Lipinski definition) is 1. The lowest BCUT2D eigenvalue weighted by molar-refractivity contribution is 0.288. The van der Waals surface area contributed by atoms with Gasteiger partial charge in [-0.2, -0.15) is 5.10 Å². The number of rotatable bonds is 6. The third-order valence-corrected chi connectivity index (χ3v) is 3.45. The molecule has 0 saturated carbocycles. The number of thiocarbonyl (C=S) groups is 1. The van der Waals surface area contributed by atoms with E-state index in [0.29, 0.717) is 10.1 Å². The summed E-state index contributed by atoms with van der Waals surface area (Å²) in [6, 6.07) is 0. The van der Waals surface area contributed by atoms with Crippen molar-refractivity contribution in [1.82, 2.24) is 14.7 Å². The van der Waals surface area contributed by atoms with E-state index in [4.69, 9.17) is 29.6 Å². The van der Waals surface area contributed by atoms with Crippen molar-refractivity contribution in [2.24, 2.45) is 12.8 Å². The maximum atomic E-state index is 6.20. The molecule has 2 N–H and O–H groups in total. The molecule has 0 unspecified atom stereocenters. The molecular formula is C11H19ClN4S. The molecule has 17 heavy (non-hydrogen) atoms. The van der Waals surface area contributed by atoms with Crippen molar-refractivity contribution < 1.29 is 0 Å². The molecule has 0 aliphatic heterocycles. The molecule has 0 amide bonds. The first kappa shape index (κ1) is 14.4. The van der Waals surface area contributed by atoms with Gasteiger partial charge in [0.25, 0.3) is 0 Å². The Morgan fingerprint density at radius 2 is 2.24 bits per heavy atom. The van der Waals surface area contributed by atoms with E-state index < -0.39 is 0 Å². The summed E-state index contributed by atoms with van der Waals surface area (Å²) in [4.78, 5) is 2.81. The van der Waals surface area contributed by atoms with E-state index >= 15 is 0 Å². The zero-order valence-electron chi connectivity index (χ0n) is 10.5. The highest BCUT2D eigenvalue weighted by atomic mass is 35.5. The Morgan fingerprint density at radius 3 is 2.65 bits per heavy atom. The van der Waals surface area contributed by atoms with Crippen LogP contribution in [0.1, 0.15) is 24.6 Å². The van der Waals surface area contributed by atoms with Crippen LogP contribution in [-0.4, -0.2) is 32.8 Å². The number of aromatic nitrogens is 2. The lowest BCUT2D eigenvalue weighted by Gasteiger charge is -2.19. The van der Waals surface area contributed by atoms with Crippen molar-refractivity contribution in [2.45, 2.75) is 26.8 Å². The average Bonchev–Trinajstić information content (AvgIpc) is 2.49.